The van der Waals surface area contributed by atoms with Crippen LogP contribution in [0.2, 0.25) is 0 Å². The van der Waals surface area contributed by atoms with Crippen molar-refractivity contribution >= 4 is 18.3 Å². The minimum absolute atomic E-state index is 0. The molecule has 1 aliphatic carbocycles. The lowest BCUT2D eigenvalue weighted by Crippen LogP contribution is -2.53. The molecule has 1 fully saturated rings. The van der Waals surface area contributed by atoms with Gasteiger partial charge in [0.2, 0.25) is 5.91 Å². The van der Waals surface area contributed by atoms with Crippen molar-refractivity contribution in [2.75, 3.05) is 13.7 Å². The van der Waals surface area contributed by atoms with Crippen molar-refractivity contribution in [2.45, 2.75) is 50.5 Å². The Hall–Kier alpha value is -1.26. The van der Waals surface area contributed by atoms with E-state index < -0.39 is 5.54 Å². The second kappa shape index (κ2) is 7.34. The van der Waals surface area contributed by atoms with Crippen LogP contribution in [0.5, 0.6) is 5.75 Å². The molecule has 2 rings (SSSR count). The van der Waals surface area contributed by atoms with E-state index in [-0.39, 0.29) is 23.7 Å². The minimum atomic E-state index is -0.657. The highest BCUT2D eigenvalue weighted by molar-refractivity contribution is 5.86. The van der Waals surface area contributed by atoms with Crippen LogP contribution in [0.25, 0.3) is 0 Å². The molecular formula is C17H27ClN2O2. The van der Waals surface area contributed by atoms with Gasteiger partial charge in [0.25, 0.3) is 0 Å². The van der Waals surface area contributed by atoms with E-state index in [2.05, 4.69) is 19.2 Å². The number of halogens is 1. The standard InChI is InChI=1S/C17H26N2O2.ClH/c1-16(2,13-6-8-14(21-3)9-7-13)12-19-15(20)17(18)10-4-5-11-17;/h6-9H,4-5,10-12,18H2,1-3H3,(H,19,20);1H. The van der Waals surface area contributed by atoms with E-state index in [4.69, 9.17) is 10.5 Å². The summed E-state index contributed by atoms with van der Waals surface area (Å²) < 4.78 is 5.17. The van der Waals surface area contributed by atoms with Crippen LogP contribution >= 0.6 is 12.4 Å². The number of carbonyl (C=O) groups excluding carboxylic acids is 1. The monoisotopic (exact) mass is 326 g/mol. The summed E-state index contributed by atoms with van der Waals surface area (Å²) in [5.74, 6) is 0.826. The largest absolute Gasteiger partial charge is 0.497 e. The van der Waals surface area contributed by atoms with Gasteiger partial charge < -0.3 is 15.8 Å². The molecule has 3 N–H and O–H groups in total. The summed E-state index contributed by atoms with van der Waals surface area (Å²) in [6, 6.07) is 7.97. The molecule has 0 radical (unpaired) electrons. The first-order valence-corrected chi connectivity index (χ1v) is 7.59. The van der Waals surface area contributed by atoms with E-state index >= 15 is 0 Å². The van der Waals surface area contributed by atoms with Gasteiger partial charge >= 0.3 is 0 Å². The molecule has 1 aromatic rings. The highest BCUT2D eigenvalue weighted by Gasteiger charge is 2.37. The van der Waals surface area contributed by atoms with Crippen LogP contribution in [-0.4, -0.2) is 25.1 Å². The summed E-state index contributed by atoms with van der Waals surface area (Å²) in [5, 5.41) is 3.04. The number of amides is 1. The summed E-state index contributed by atoms with van der Waals surface area (Å²) in [4.78, 5) is 12.3. The number of hydrogen-bond donors (Lipinski definition) is 2. The molecule has 22 heavy (non-hydrogen) atoms. The number of nitrogens with one attached hydrogen (secondary N) is 1. The first-order valence-electron chi connectivity index (χ1n) is 7.59. The van der Waals surface area contributed by atoms with Crippen LogP contribution in [0.15, 0.2) is 24.3 Å². The van der Waals surface area contributed by atoms with E-state index in [9.17, 15) is 4.79 Å². The van der Waals surface area contributed by atoms with Crippen LogP contribution < -0.4 is 15.8 Å². The fourth-order valence-electron chi connectivity index (χ4n) is 2.85. The number of methoxy groups -OCH3 is 1. The predicted octanol–water partition coefficient (Wildman–Crippen LogP) is 2.78. The van der Waals surface area contributed by atoms with Gasteiger partial charge in [0.05, 0.1) is 12.6 Å². The Balaban J connectivity index is 0.00000242. The first kappa shape index (κ1) is 18.8. The second-order valence-electron chi connectivity index (χ2n) is 6.66. The highest BCUT2D eigenvalue weighted by atomic mass is 35.5. The quantitative estimate of drug-likeness (QED) is 0.874. The summed E-state index contributed by atoms with van der Waals surface area (Å²) in [6.07, 6.45) is 3.68. The van der Waals surface area contributed by atoms with Gasteiger partial charge in [-0.1, -0.05) is 38.8 Å². The number of hydrogen-bond acceptors (Lipinski definition) is 3. The van der Waals surface area contributed by atoms with Crippen LogP contribution in [0.3, 0.4) is 0 Å². The number of rotatable bonds is 5. The van der Waals surface area contributed by atoms with E-state index in [1.54, 1.807) is 7.11 Å². The SMILES string of the molecule is COc1ccc(C(C)(C)CNC(=O)C2(N)CCCC2)cc1.Cl. The summed E-state index contributed by atoms with van der Waals surface area (Å²) in [7, 11) is 1.66. The maximum atomic E-state index is 12.3. The van der Waals surface area contributed by atoms with Gasteiger partial charge in [0.1, 0.15) is 5.75 Å². The predicted molar refractivity (Wildman–Crippen MR) is 91.7 cm³/mol. The molecule has 0 bridgehead atoms. The molecule has 1 amide bonds. The van der Waals surface area contributed by atoms with Crippen molar-refractivity contribution in [1.82, 2.24) is 5.32 Å². The Kier molecular flexibility index (Phi) is 6.27. The number of nitrogens with two attached hydrogens (primary N) is 1. The smallest absolute Gasteiger partial charge is 0.240 e. The van der Waals surface area contributed by atoms with Crippen molar-refractivity contribution in [2.24, 2.45) is 5.73 Å². The van der Waals surface area contributed by atoms with E-state index in [1.807, 2.05) is 24.3 Å². The number of benzene rings is 1. The minimum Gasteiger partial charge on any atom is -0.497 e. The molecular weight excluding hydrogens is 300 g/mol. The maximum absolute atomic E-state index is 12.3. The van der Waals surface area contributed by atoms with Gasteiger partial charge in [-0.15, -0.1) is 12.4 Å². The van der Waals surface area contributed by atoms with Crippen molar-refractivity contribution in [3.8, 4) is 5.75 Å². The molecule has 0 spiro atoms. The molecule has 0 atom stereocenters. The van der Waals surface area contributed by atoms with Crippen molar-refractivity contribution < 1.29 is 9.53 Å². The van der Waals surface area contributed by atoms with Gasteiger partial charge in [0, 0.05) is 12.0 Å². The molecule has 1 aliphatic rings. The zero-order chi connectivity index (χ0) is 15.5. The molecule has 1 saturated carbocycles. The molecule has 0 heterocycles. The fraction of sp³-hybridized carbons (Fsp3) is 0.588. The topological polar surface area (TPSA) is 64.3 Å². The Labute approximate surface area is 139 Å². The fourth-order valence-corrected chi connectivity index (χ4v) is 2.85. The molecule has 5 heteroatoms. The number of carbonyl (C=O) groups is 1. The molecule has 4 nitrogen and oxygen atoms in total. The van der Waals surface area contributed by atoms with Crippen molar-refractivity contribution in [3.63, 3.8) is 0 Å². The van der Waals surface area contributed by atoms with Crippen LogP contribution in [-0.2, 0) is 10.2 Å². The molecule has 0 aromatic heterocycles. The third kappa shape index (κ3) is 4.14. The molecule has 1 aromatic carbocycles. The Morgan fingerprint density at radius 3 is 2.32 bits per heavy atom. The van der Waals surface area contributed by atoms with Gasteiger partial charge in [0.15, 0.2) is 0 Å². The summed E-state index contributed by atoms with van der Waals surface area (Å²) in [5.41, 5.74) is 6.55. The average molecular weight is 327 g/mol. The second-order valence-corrected chi connectivity index (χ2v) is 6.66. The van der Waals surface area contributed by atoms with Crippen molar-refractivity contribution in [1.29, 1.82) is 0 Å². The van der Waals surface area contributed by atoms with Gasteiger partial charge in [-0.3, -0.25) is 4.79 Å². The molecule has 0 aliphatic heterocycles. The summed E-state index contributed by atoms with van der Waals surface area (Å²) >= 11 is 0. The molecule has 124 valence electrons. The van der Waals surface area contributed by atoms with Gasteiger partial charge in [-0.25, -0.2) is 0 Å². The Morgan fingerprint density at radius 1 is 1.27 bits per heavy atom. The Bertz CT molecular complexity index is 494. The van der Waals surface area contributed by atoms with Crippen LogP contribution in [0, 0.1) is 0 Å². The van der Waals surface area contributed by atoms with Crippen molar-refractivity contribution in [3.05, 3.63) is 29.8 Å². The van der Waals surface area contributed by atoms with E-state index in [0.29, 0.717) is 6.54 Å². The lowest BCUT2D eigenvalue weighted by Gasteiger charge is -2.29. The zero-order valence-corrected chi connectivity index (χ0v) is 14.5. The first-order chi connectivity index (χ1) is 9.87. The molecule has 0 saturated heterocycles. The van der Waals surface area contributed by atoms with Gasteiger partial charge in [-0.05, 0) is 30.5 Å². The highest BCUT2D eigenvalue weighted by Crippen LogP contribution is 2.28. The zero-order valence-electron chi connectivity index (χ0n) is 13.6. The van der Waals surface area contributed by atoms with Crippen LogP contribution in [0.4, 0.5) is 0 Å². The Morgan fingerprint density at radius 2 is 1.82 bits per heavy atom. The normalized spacial score (nSPS) is 16.7. The summed E-state index contributed by atoms with van der Waals surface area (Å²) in [6.45, 7) is 4.82. The third-order valence-corrected chi connectivity index (χ3v) is 4.51. The molecule has 0 unspecified atom stereocenters. The maximum Gasteiger partial charge on any atom is 0.240 e. The van der Waals surface area contributed by atoms with E-state index in [1.165, 1.54) is 5.56 Å². The van der Waals surface area contributed by atoms with Crippen LogP contribution in [0.1, 0.15) is 45.1 Å². The van der Waals surface area contributed by atoms with Gasteiger partial charge in [-0.2, -0.15) is 0 Å². The lowest BCUT2D eigenvalue weighted by atomic mass is 9.84. The number of ether oxygens (including phenoxy) is 1. The average Bonchev–Trinajstić information content (AvgIpc) is 2.93. The van der Waals surface area contributed by atoms with E-state index in [0.717, 1.165) is 31.4 Å². The lowest BCUT2D eigenvalue weighted by molar-refractivity contribution is -0.126. The third-order valence-electron chi connectivity index (χ3n) is 4.51.